The molecule has 0 spiro atoms. The number of aliphatic hydroxyl groups is 1. The molecule has 0 radical (unpaired) electrons. The van der Waals surface area contributed by atoms with E-state index < -0.39 is 11.8 Å². The highest BCUT2D eigenvalue weighted by Gasteiger charge is 2.31. The van der Waals surface area contributed by atoms with E-state index >= 15 is 0 Å². The minimum absolute atomic E-state index is 0.103. The molecule has 1 aliphatic rings. The van der Waals surface area contributed by atoms with Crippen LogP contribution in [-0.4, -0.2) is 45.6 Å². The van der Waals surface area contributed by atoms with E-state index in [4.69, 9.17) is 0 Å². The quantitative estimate of drug-likeness (QED) is 0.836. The fourth-order valence-corrected chi connectivity index (χ4v) is 3.44. The van der Waals surface area contributed by atoms with Gasteiger partial charge in [0.15, 0.2) is 0 Å². The molecule has 3 rings (SSSR count). The van der Waals surface area contributed by atoms with E-state index in [2.05, 4.69) is 23.7 Å². The molecule has 0 aliphatic carbocycles. The summed E-state index contributed by atoms with van der Waals surface area (Å²) in [5.74, 6) is -0.678. The average Bonchev–Trinajstić information content (AvgIpc) is 3.20. The molecule has 1 aromatic heterocycles. The summed E-state index contributed by atoms with van der Waals surface area (Å²) >= 11 is 0. The van der Waals surface area contributed by atoms with Crippen molar-refractivity contribution in [1.82, 2.24) is 9.47 Å². The number of nitrogens with one attached hydrogen (secondary N) is 1. The third-order valence-corrected chi connectivity index (χ3v) is 4.63. The number of aliphatic hydroxyl groups excluding tert-OH is 1. The largest absolute Gasteiger partial charge is 0.394 e. The number of anilines is 1. The molecular formula is C19H25N3O3. The van der Waals surface area contributed by atoms with Gasteiger partial charge in [0.2, 0.25) is 0 Å². The van der Waals surface area contributed by atoms with E-state index in [-0.39, 0.29) is 12.6 Å². The molecule has 2 N–H and O–H groups in total. The lowest BCUT2D eigenvalue weighted by atomic mass is 10.2. The van der Waals surface area contributed by atoms with Crippen LogP contribution in [-0.2, 0) is 16.1 Å². The summed E-state index contributed by atoms with van der Waals surface area (Å²) in [5, 5.41) is 13.0. The number of fused-ring (bicyclic) bond motifs is 1. The summed E-state index contributed by atoms with van der Waals surface area (Å²) in [4.78, 5) is 26.0. The zero-order valence-corrected chi connectivity index (χ0v) is 14.7. The van der Waals surface area contributed by atoms with Crippen LogP contribution in [0.3, 0.4) is 0 Å². The maximum absolute atomic E-state index is 12.3. The first-order valence-electron chi connectivity index (χ1n) is 8.81. The second-order valence-electron chi connectivity index (χ2n) is 7.07. The molecule has 0 saturated carbocycles. The van der Waals surface area contributed by atoms with Gasteiger partial charge < -0.3 is 19.9 Å². The molecule has 1 fully saturated rings. The summed E-state index contributed by atoms with van der Waals surface area (Å²) in [6.07, 6.45) is 3.60. The smallest absolute Gasteiger partial charge is 0.313 e. The van der Waals surface area contributed by atoms with Crippen LogP contribution in [0.4, 0.5) is 5.69 Å². The summed E-state index contributed by atoms with van der Waals surface area (Å²) in [7, 11) is 0. The van der Waals surface area contributed by atoms with Gasteiger partial charge in [0.1, 0.15) is 0 Å². The van der Waals surface area contributed by atoms with E-state index in [0.717, 1.165) is 30.3 Å². The summed E-state index contributed by atoms with van der Waals surface area (Å²) < 4.78 is 2.19. The fourth-order valence-electron chi connectivity index (χ4n) is 3.44. The summed E-state index contributed by atoms with van der Waals surface area (Å²) in [5.41, 5.74) is 1.71. The Balaban J connectivity index is 1.72. The van der Waals surface area contributed by atoms with Crippen molar-refractivity contribution in [2.75, 3.05) is 18.5 Å². The first kappa shape index (κ1) is 17.5. The summed E-state index contributed by atoms with van der Waals surface area (Å²) in [6, 6.07) is 7.43. The zero-order chi connectivity index (χ0) is 18.0. The van der Waals surface area contributed by atoms with Crippen LogP contribution >= 0.6 is 0 Å². The van der Waals surface area contributed by atoms with Crippen molar-refractivity contribution in [3.05, 3.63) is 30.5 Å². The number of aromatic nitrogens is 1. The molecule has 2 amide bonds. The van der Waals surface area contributed by atoms with Crippen LogP contribution in [0.5, 0.6) is 0 Å². The van der Waals surface area contributed by atoms with E-state index in [1.54, 1.807) is 0 Å². The Hall–Kier alpha value is -2.34. The maximum Gasteiger partial charge on any atom is 0.313 e. The second kappa shape index (κ2) is 7.27. The Bertz CT molecular complexity index is 781. The molecule has 1 saturated heterocycles. The molecule has 0 bridgehead atoms. The third-order valence-electron chi connectivity index (χ3n) is 4.63. The van der Waals surface area contributed by atoms with Gasteiger partial charge in [-0.15, -0.1) is 0 Å². The molecule has 134 valence electrons. The highest BCUT2D eigenvalue weighted by atomic mass is 16.3. The van der Waals surface area contributed by atoms with Crippen molar-refractivity contribution in [3.63, 3.8) is 0 Å². The highest BCUT2D eigenvalue weighted by molar-refractivity contribution is 6.39. The lowest BCUT2D eigenvalue weighted by molar-refractivity contribution is -0.144. The number of hydrogen-bond acceptors (Lipinski definition) is 3. The predicted octanol–water partition coefficient (Wildman–Crippen LogP) is 2.22. The first-order chi connectivity index (χ1) is 12.0. The van der Waals surface area contributed by atoms with E-state index in [0.29, 0.717) is 18.2 Å². The Morgan fingerprint density at radius 2 is 2.12 bits per heavy atom. The van der Waals surface area contributed by atoms with E-state index in [9.17, 15) is 14.7 Å². The van der Waals surface area contributed by atoms with Crippen LogP contribution in [0.15, 0.2) is 30.5 Å². The molecule has 1 aromatic carbocycles. The number of rotatable bonds is 4. The van der Waals surface area contributed by atoms with Gasteiger partial charge in [0.05, 0.1) is 12.6 Å². The van der Waals surface area contributed by atoms with E-state index in [1.165, 1.54) is 4.90 Å². The highest BCUT2D eigenvalue weighted by Crippen LogP contribution is 2.22. The molecule has 6 heteroatoms. The molecule has 25 heavy (non-hydrogen) atoms. The van der Waals surface area contributed by atoms with Crippen molar-refractivity contribution < 1.29 is 14.7 Å². The van der Waals surface area contributed by atoms with Crippen molar-refractivity contribution in [1.29, 1.82) is 0 Å². The van der Waals surface area contributed by atoms with E-state index in [1.807, 2.05) is 30.5 Å². The number of amides is 2. The van der Waals surface area contributed by atoms with Crippen LogP contribution in [0.1, 0.15) is 26.7 Å². The Morgan fingerprint density at radius 1 is 1.32 bits per heavy atom. The molecule has 1 aliphatic heterocycles. The molecule has 0 unspecified atom stereocenters. The van der Waals surface area contributed by atoms with Crippen molar-refractivity contribution in [2.45, 2.75) is 39.3 Å². The van der Waals surface area contributed by atoms with Crippen LogP contribution in [0.2, 0.25) is 0 Å². The fraction of sp³-hybridized carbons (Fsp3) is 0.474. The molecule has 6 nitrogen and oxygen atoms in total. The number of carbonyl (C=O) groups excluding carboxylic acids is 2. The van der Waals surface area contributed by atoms with Gasteiger partial charge in [-0.2, -0.15) is 0 Å². The second-order valence-corrected chi connectivity index (χ2v) is 7.07. The average molecular weight is 343 g/mol. The Kier molecular flexibility index (Phi) is 5.08. The SMILES string of the molecule is CC(C)Cn1ccc2cc(NC(=O)C(=O)N3CCC[C@@H]3CO)ccc21. The third kappa shape index (κ3) is 3.69. The van der Waals surface area contributed by atoms with Gasteiger partial charge >= 0.3 is 11.8 Å². The van der Waals surface area contributed by atoms with Gasteiger partial charge in [0.25, 0.3) is 0 Å². The van der Waals surface area contributed by atoms with Gasteiger partial charge in [-0.3, -0.25) is 9.59 Å². The number of likely N-dealkylation sites (tertiary alicyclic amines) is 1. The Labute approximate surface area is 147 Å². The first-order valence-corrected chi connectivity index (χ1v) is 8.81. The maximum atomic E-state index is 12.3. The molecule has 2 heterocycles. The van der Waals surface area contributed by atoms with Crippen molar-refractivity contribution >= 4 is 28.4 Å². The molecular weight excluding hydrogens is 318 g/mol. The zero-order valence-electron chi connectivity index (χ0n) is 14.7. The number of carbonyl (C=O) groups is 2. The topological polar surface area (TPSA) is 74.6 Å². The predicted molar refractivity (Wildman–Crippen MR) is 97.2 cm³/mol. The number of benzene rings is 1. The molecule has 1 atom stereocenters. The van der Waals surface area contributed by atoms with Crippen molar-refractivity contribution in [2.24, 2.45) is 5.92 Å². The number of nitrogens with zero attached hydrogens (tertiary/aromatic N) is 2. The normalized spacial score (nSPS) is 17.4. The van der Waals surface area contributed by atoms with Gasteiger partial charge in [-0.05, 0) is 43.0 Å². The van der Waals surface area contributed by atoms with Crippen molar-refractivity contribution in [3.8, 4) is 0 Å². The lowest BCUT2D eigenvalue weighted by Crippen LogP contribution is -2.43. The molecule has 2 aromatic rings. The van der Waals surface area contributed by atoms with Crippen LogP contribution < -0.4 is 5.32 Å². The Morgan fingerprint density at radius 3 is 2.84 bits per heavy atom. The standard InChI is InChI=1S/C19H25N3O3/c1-13(2)11-21-9-7-14-10-15(5-6-17(14)21)20-18(24)19(25)22-8-3-4-16(22)12-23/h5-7,9-10,13,16,23H,3-4,8,11-12H2,1-2H3,(H,20,24)/t16-/m1/s1. The number of hydrogen-bond donors (Lipinski definition) is 2. The monoisotopic (exact) mass is 343 g/mol. The lowest BCUT2D eigenvalue weighted by Gasteiger charge is -2.22. The van der Waals surface area contributed by atoms with Crippen LogP contribution in [0, 0.1) is 5.92 Å². The van der Waals surface area contributed by atoms with Gasteiger partial charge in [-0.1, -0.05) is 13.8 Å². The van der Waals surface area contributed by atoms with Crippen LogP contribution in [0.25, 0.3) is 10.9 Å². The summed E-state index contributed by atoms with van der Waals surface area (Å²) in [6.45, 7) is 5.70. The minimum atomic E-state index is -0.652. The van der Waals surface area contributed by atoms with Gasteiger partial charge in [0, 0.05) is 35.9 Å². The minimum Gasteiger partial charge on any atom is -0.394 e. The van der Waals surface area contributed by atoms with Gasteiger partial charge in [-0.25, -0.2) is 0 Å².